The lowest BCUT2D eigenvalue weighted by molar-refractivity contribution is 0.0950. The summed E-state index contributed by atoms with van der Waals surface area (Å²) in [6, 6.07) is 12.3. The lowest BCUT2D eigenvalue weighted by atomic mass is 10.2. The standard InChI is InChI=1S/C13H10ClN3O/c14-11-6-2-1-5-10(11)9-16-17-13(18)12-7-3-4-8-15-12/h1-9H,(H,17,18)/b16-9+. The molecule has 0 fully saturated rings. The molecule has 0 aliphatic heterocycles. The number of benzene rings is 1. The summed E-state index contributed by atoms with van der Waals surface area (Å²) < 4.78 is 0. The van der Waals surface area contributed by atoms with Crippen LogP contribution in [-0.4, -0.2) is 17.1 Å². The lowest BCUT2D eigenvalue weighted by Crippen LogP contribution is -2.18. The first-order valence-electron chi connectivity index (χ1n) is 5.26. The molecule has 0 bridgehead atoms. The van der Waals surface area contributed by atoms with E-state index >= 15 is 0 Å². The van der Waals surface area contributed by atoms with Crippen LogP contribution < -0.4 is 5.43 Å². The molecule has 2 rings (SSSR count). The first kappa shape index (κ1) is 12.3. The van der Waals surface area contributed by atoms with Gasteiger partial charge in [-0.3, -0.25) is 9.78 Å². The van der Waals surface area contributed by atoms with E-state index in [1.807, 2.05) is 12.1 Å². The summed E-state index contributed by atoms with van der Waals surface area (Å²) in [5, 5.41) is 4.41. The summed E-state index contributed by atoms with van der Waals surface area (Å²) >= 11 is 5.94. The molecule has 1 aromatic carbocycles. The number of halogens is 1. The first-order valence-corrected chi connectivity index (χ1v) is 5.64. The molecule has 1 amide bonds. The number of hydrazone groups is 1. The summed E-state index contributed by atoms with van der Waals surface area (Å²) in [5.74, 6) is -0.362. The number of carbonyl (C=O) groups excluding carboxylic acids is 1. The molecule has 0 aliphatic rings. The van der Waals surface area contributed by atoms with Crippen LogP contribution in [0.1, 0.15) is 16.1 Å². The SMILES string of the molecule is O=C(N/N=C/c1ccccc1Cl)c1ccccn1. The Morgan fingerprint density at radius 2 is 2.00 bits per heavy atom. The molecule has 1 aromatic heterocycles. The quantitative estimate of drug-likeness (QED) is 0.680. The number of hydrogen-bond donors (Lipinski definition) is 1. The summed E-state index contributed by atoms with van der Waals surface area (Å²) in [6.45, 7) is 0. The molecule has 0 saturated carbocycles. The Morgan fingerprint density at radius 1 is 1.22 bits per heavy atom. The van der Waals surface area contributed by atoms with Gasteiger partial charge in [0, 0.05) is 16.8 Å². The Labute approximate surface area is 109 Å². The van der Waals surface area contributed by atoms with E-state index in [0.29, 0.717) is 10.7 Å². The van der Waals surface area contributed by atoms with Crippen molar-refractivity contribution >= 4 is 23.7 Å². The highest BCUT2D eigenvalue weighted by atomic mass is 35.5. The van der Waals surface area contributed by atoms with Gasteiger partial charge in [0.15, 0.2) is 0 Å². The minimum absolute atomic E-state index is 0.314. The van der Waals surface area contributed by atoms with Gasteiger partial charge in [-0.25, -0.2) is 5.43 Å². The molecule has 1 N–H and O–H groups in total. The van der Waals surface area contributed by atoms with Crippen molar-refractivity contribution in [3.63, 3.8) is 0 Å². The molecule has 0 unspecified atom stereocenters. The molecule has 0 radical (unpaired) electrons. The first-order chi connectivity index (χ1) is 8.77. The van der Waals surface area contributed by atoms with E-state index in [1.165, 1.54) is 6.21 Å². The zero-order chi connectivity index (χ0) is 12.8. The van der Waals surface area contributed by atoms with Crippen molar-refractivity contribution in [1.82, 2.24) is 10.4 Å². The van der Waals surface area contributed by atoms with E-state index < -0.39 is 0 Å². The van der Waals surface area contributed by atoms with Crippen LogP contribution in [0.5, 0.6) is 0 Å². The fourth-order valence-electron chi connectivity index (χ4n) is 1.29. The molecule has 0 atom stereocenters. The van der Waals surface area contributed by atoms with Crippen molar-refractivity contribution < 1.29 is 4.79 Å². The zero-order valence-corrected chi connectivity index (χ0v) is 10.1. The van der Waals surface area contributed by atoms with Crippen LogP contribution in [-0.2, 0) is 0 Å². The fourth-order valence-corrected chi connectivity index (χ4v) is 1.48. The lowest BCUT2D eigenvalue weighted by Gasteiger charge is -1.98. The second-order valence-corrected chi connectivity index (χ2v) is 3.84. The number of nitrogens with zero attached hydrogens (tertiary/aromatic N) is 2. The molecule has 5 heteroatoms. The van der Waals surface area contributed by atoms with Gasteiger partial charge in [-0.2, -0.15) is 5.10 Å². The summed E-state index contributed by atoms with van der Waals surface area (Å²) in [7, 11) is 0. The van der Waals surface area contributed by atoms with Crippen molar-refractivity contribution in [2.24, 2.45) is 5.10 Å². The smallest absolute Gasteiger partial charge is 0.266 e. The van der Waals surface area contributed by atoms with Crippen LogP contribution in [0.3, 0.4) is 0 Å². The average molecular weight is 260 g/mol. The molecular formula is C13H10ClN3O. The van der Waals surface area contributed by atoms with Gasteiger partial charge in [-0.05, 0) is 18.2 Å². The Balaban J connectivity index is 2.00. The van der Waals surface area contributed by atoms with Crippen molar-refractivity contribution in [3.05, 3.63) is 64.9 Å². The van der Waals surface area contributed by atoms with Crippen LogP contribution in [0.25, 0.3) is 0 Å². The molecule has 0 aliphatic carbocycles. The van der Waals surface area contributed by atoms with Crippen molar-refractivity contribution in [3.8, 4) is 0 Å². The van der Waals surface area contributed by atoms with Crippen LogP contribution in [0.4, 0.5) is 0 Å². The van der Waals surface area contributed by atoms with Gasteiger partial charge >= 0.3 is 0 Å². The van der Waals surface area contributed by atoms with Gasteiger partial charge in [0.1, 0.15) is 5.69 Å². The average Bonchev–Trinajstić information content (AvgIpc) is 2.42. The third-order valence-corrected chi connectivity index (χ3v) is 2.52. The predicted octanol–water partition coefficient (Wildman–Crippen LogP) is 2.50. The summed E-state index contributed by atoms with van der Waals surface area (Å²) in [5.41, 5.74) is 3.43. The maximum absolute atomic E-state index is 11.6. The number of aromatic nitrogens is 1. The highest BCUT2D eigenvalue weighted by Gasteiger charge is 2.03. The second-order valence-electron chi connectivity index (χ2n) is 3.44. The Kier molecular flexibility index (Phi) is 4.04. The maximum Gasteiger partial charge on any atom is 0.289 e. The van der Waals surface area contributed by atoms with Gasteiger partial charge in [0.25, 0.3) is 5.91 Å². The Bertz CT molecular complexity index is 569. The zero-order valence-electron chi connectivity index (χ0n) is 9.38. The number of hydrogen-bond acceptors (Lipinski definition) is 3. The topological polar surface area (TPSA) is 54.4 Å². The normalized spacial score (nSPS) is 10.5. The van der Waals surface area contributed by atoms with Gasteiger partial charge in [-0.15, -0.1) is 0 Å². The van der Waals surface area contributed by atoms with Crippen molar-refractivity contribution in [2.45, 2.75) is 0 Å². The van der Waals surface area contributed by atoms with Gasteiger partial charge in [0.05, 0.1) is 6.21 Å². The molecule has 0 saturated heterocycles. The highest BCUT2D eigenvalue weighted by Crippen LogP contribution is 2.11. The van der Waals surface area contributed by atoms with E-state index in [1.54, 1.807) is 36.5 Å². The number of carbonyl (C=O) groups is 1. The summed E-state index contributed by atoms with van der Waals surface area (Å²) in [6.07, 6.45) is 3.04. The minimum atomic E-state index is -0.362. The van der Waals surface area contributed by atoms with Crippen molar-refractivity contribution in [2.75, 3.05) is 0 Å². The minimum Gasteiger partial charge on any atom is -0.266 e. The number of rotatable bonds is 3. The van der Waals surface area contributed by atoms with E-state index in [2.05, 4.69) is 15.5 Å². The number of nitrogens with one attached hydrogen (secondary N) is 1. The van der Waals surface area contributed by atoms with Crippen LogP contribution >= 0.6 is 11.6 Å². The van der Waals surface area contributed by atoms with Gasteiger partial charge in [0.2, 0.25) is 0 Å². The van der Waals surface area contributed by atoms with Gasteiger partial charge in [-0.1, -0.05) is 35.9 Å². The van der Waals surface area contributed by atoms with Crippen LogP contribution in [0, 0.1) is 0 Å². The maximum atomic E-state index is 11.6. The third-order valence-electron chi connectivity index (χ3n) is 2.17. The largest absolute Gasteiger partial charge is 0.289 e. The highest BCUT2D eigenvalue weighted by molar-refractivity contribution is 6.33. The van der Waals surface area contributed by atoms with Gasteiger partial charge < -0.3 is 0 Å². The fraction of sp³-hybridized carbons (Fsp3) is 0. The van der Waals surface area contributed by atoms with E-state index in [9.17, 15) is 4.79 Å². The van der Waals surface area contributed by atoms with E-state index in [4.69, 9.17) is 11.6 Å². The predicted molar refractivity (Wildman–Crippen MR) is 70.7 cm³/mol. The number of pyridine rings is 1. The molecule has 18 heavy (non-hydrogen) atoms. The third kappa shape index (κ3) is 3.15. The Morgan fingerprint density at radius 3 is 2.72 bits per heavy atom. The molecule has 4 nitrogen and oxygen atoms in total. The number of amides is 1. The summed E-state index contributed by atoms with van der Waals surface area (Å²) in [4.78, 5) is 15.5. The van der Waals surface area contributed by atoms with E-state index in [-0.39, 0.29) is 5.91 Å². The van der Waals surface area contributed by atoms with Crippen LogP contribution in [0.15, 0.2) is 53.8 Å². The molecule has 2 aromatic rings. The molecule has 0 spiro atoms. The van der Waals surface area contributed by atoms with Crippen LogP contribution in [0.2, 0.25) is 5.02 Å². The van der Waals surface area contributed by atoms with E-state index in [0.717, 1.165) is 5.56 Å². The monoisotopic (exact) mass is 259 g/mol. The molecule has 90 valence electrons. The molecular weight excluding hydrogens is 250 g/mol. The molecule has 1 heterocycles. The second kappa shape index (κ2) is 5.93. The van der Waals surface area contributed by atoms with Crippen molar-refractivity contribution in [1.29, 1.82) is 0 Å². The Hall–Kier alpha value is -2.20.